The summed E-state index contributed by atoms with van der Waals surface area (Å²) in [6.45, 7) is 14.7. The van der Waals surface area contributed by atoms with Crippen molar-refractivity contribution in [2.45, 2.75) is 148 Å². The summed E-state index contributed by atoms with van der Waals surface area (Å²) in [5.74, 6) is -5.01. The summed E-state index contributed by atoms with van der Waals surface area (Å²) in [5, 5.41) is 19.9. The highest BCUT2D eigenvalue weighted by Gasteiger charge is 2.60. The van der Waals surface area contributed by atoms with Crippen LogP contribution in [0.4, 0.5) is 4.79 Å². The molecule has 2 aromatic heterocycles. The van der Waals surface area contributed by atoms with Gasteiger partial charge in [-0.1, -0.05) is 39.0 Å². The summed E-state index contributed by atoms with van der Waals surface area (Å²) in [5.41, 5.74) is -1.32. The number of carbonyl (C=O) groups is 4. The van der Waals surface area contributed by atoms with Crippen LogP contribution in [-0.2, 0) is 44.6 Å². The number of Topliss-reactive ketones (excluding diaryl/α,β-unsaturated/α-hetero) is 2. The van der Waals surface area contributed by atoms with Crippen molar-refractivity contribution in [2.24, 2.45) is 23.7 Å². The van der Waals surface area contributed by atoms with Crippen molar-refractivity contribution in [1.82, 2.24) is 29.8 Å². The Kier molecular flexibility index (Phi) is 14.5. The minimum absolute atomic E-state index is 0.122. The fourth-order valence-electron chi connectivity index (χ4n) is 9.30. The number of nitrogens with zero attached hydrogens (tertiary/aromatic N) is 6. The molecule has 16 heteroatoms. The van der Waals surface area contributed by atoms with Crippen molar-refractivity contribution in [1.29, 1.82) is 0 Å². The van der Waals surface area contributed by atoms with E-state index in [0.29, 0.717) is 37.2 Å². The van der Waals surface area contributed by atoms with E-state index in [1.54, 1.807) is 50.4 Å². The number of carbonyl (C=O) groups excluding carboxylic acids is 4. The standard InChI is InChI=1S/C42H64N6O10/c1-12-32-42(8)36(48(40(53)58-42)20-16-15-19-47-23-30(44-45-47)29-17-13-14-18-43-29)26(4)33(49)24(2)22-41(7,54-11)37(27(5)34(50)28(6)38(52)56-32)57-39-35(51)31(46(9)10)21-25(3)55-39/h13-14,17-18,23-28,31-32,35-37,39,51H,12,15-16,19-22H2,1-11H3/t24-,25-,26+,27+,28-,31+,32?,35-,36-,37-,39+,41-,42-/m1/s1. The van der Waals surface area contributed by atoms with E-state index in [1.807, 2.05) is 57.2 Å². The number of methoxy groups -OCH3 is 1. The van der Waals surface area contributed by atoms with Gasteiger partial charge in [0.2, 0.25) is 0 Å². The molecule has 1 N–H and O–H groups in total. The van der Waals surface area contributed by atoms with Crippen LogP contribution in [0.2, 0.25) is 0 Å². The second-order valence-corrected chi connectivity index (χ2v) is 17.2. The number of pyridine rings is 1. The Morgan fingerprint density at radius 3 is 2.33 bits per heavy atom. The maximum atomic E-state index is 14.7. The van der Waals surface area contributed by atoms with Crippen LogP contribution >= 0.6 is 0 Å². The van der Waals surface area contributed by atoms with E-state index in [2.05, 4.69) is 15.3 Å². The highest BCUT2D eigenvalue weighted by Crippen LogP contribution is 2.43. The minimum atomic E-state index is -1.41. The quantitative estimate of drug-likeness (QED) is 0.192. The number of amides is 1. The van der Waals surface area contributed by atoms with Gasteiger partial charge in [-0.3, -0.25) is 24.0 Å². The number of aliphatic hydroxyl groups excluding tert-OH is 1. The van der Waals surface area contributed by atoms with E-state index in [1.165, 1.54) is 14.0 Å². The zero-order valence-electron chi connectivity index (χ0n) is 36.0. The third-order valence-electron chi connectivity index (χ3n) is 12.7. The molecule has 0 aliphatic carbocycles. The monoisotopic (exact) mass is 812 g/mol. The Bertz CT molecular complexity index is 1740. The number of aryl methyl sites for hydroxylation is 1. The molecular formula is C42H64N6O10. The zero-order chi connectivity index (χ0) is 42.7. The molecule has 5 heterocycles. The van der Waals surface area contributed by atoms with Crippen LogP contribution in [0.15, 0.2) is 30.6 Å². The van der Waals surface area contributed by atoms with Crippen molar-refractivity contribution in [2.75, 3.05) is 27.7 Å². The number of fused-ring (bicyclic) bond motifs is 1. The van der Waals surface area contributed by atoms with E-state index in [0.717, 1.165) is 0 Å². The Morgan fingerprint density at radius 1 is 0.983 bits per heavy atom. The number of aromatic nitrogens is 4. The third kappa shape index (κ3) is 9.30. The lowest BCUT2D eigenvalue weighted by atomic mass is 9.73. The topological polar surface area (TPSA) is 185 Å². The molecule has 1 unspecified atom stereocenters. The van der Waals surface area contributed by atoms with Gasteiger partial charge in [-0.2, -0.15) is 0 Å². The highest BCUT2D eigenvalue weighted by atomic mass is 16.7. The predicted octanol–water partition coefficient (Wildman–Crippen LogP) is 4.32. The van der Waals surface area contributed by atoms with Crippen LogP contribution in [0.3, 0.4) is 0 Å². The van der Waals surface area contributed by atoms with Gasteiger partial charge in [-0.15, -0.1) is 5.10 Å². The van der Waals surface area contributed by atoms with Crippen LogP contribution in [-0.4, -0.2) is 140 Å². The molecule has 58 heavy (non-hydrogen) atoms. The molecule has 3 saturated heterocycles. The van der Waals surface area contributed by atoms with Gasteiger partial charge in [0.25, 0.3) is 0 Å². The Hall–Kier alpha value is -3.83. The minimum Gasteiger partial charge on any atom is -0.458 e. The number of likely N-dealkylation sites (N-methyl/N-ethyl adjacent to an activating group) is 1. The molecule has 0 saturated carbocycles. The molecule has 2 aromatic rings. The van der Waals surface area contributed by atoms with Gasteiger partial charge in [-0.05, 0) is 86.0 Å². The molecule has 3 aliphatic rings. The largest absolute Gasteiger partial charge is 0.458 e. The lowest BCUT2D eigenvalue weighted by molar-refractivity contribution is -0.295. The van der Waals surface area contributed by atoms with Gasteiger partial charge in [-0.25, -0.2) is 4.79 Å². The first-order chi connectivity index (χ1) is 27.4. The fraction of sp³-hybridized carbons (Fsp3) is 0.738. The van der Waals surface area contributed by atoms with Crippen LogP contribution in [0.5, 0.6) is 0 Å². The van der Waals surface area contributed by atoms with Gasteiger partial charge in [0.15, 0.2) is 17.7 Å². The molecule has 1 amide bonds. The molecule has 0 spiro atoms. The molecule has 0 radical (unpaired) electrons. The number of esters is 1. The molecule has 3 aliphatic heterocycles. The summed E-state index contributed by atoms with van der Waals surface area (Å²) in [6.07, 6.45) is 0.596. The number of hydrogen-bond acceptors (Lipinski definition) is 14. The zero-order valence-corrected chi connectivity index (χ0v) is 36.0. The first-order valence-corrected chi connectivity index (χ1v) is 20.7. The maximum absolute atomic E-state index is 14.7. The Labute approximate surface area is 342 Å². The summed E-state index contributed by atoms with van der Waals surface area (Å²) in [7, 11) is 5.23. The van der Waals surface area contributed by atoms with Crippen LogP contribution in [0.25, 0.3) is 11.4 Å². The van der Waals surface area contributed by atoms with Crippen molar-refractivity contribution in [3.8, 4) is 11.4 Å². The van der Waals surface area contributed by atoms with E-state index in [4.69, 9.17) is 23.7 Å². The van der Waals surface area contributed by atoms with E-state index >= 15 is 0 Å². The van der Waals surface area contributed by atoms with Crippen LogP contribution in [0.1, 0.15) is 87.5 Å². The lowest BCUT2D eigenvalue weighted by Crippen LogP contribution is -2.60. The summed E-state index contributed by atoms with van der Waals surface area (Å²) in [4.78, 5) is 64.6. The van der Waals surface area contributed by atoms with Crippen molar-refractivity contribution >= 4 is 23.6 Å². The summed E-state index contributed by atoms with van der Waals surface area (Å²) < 4.78 is 32.9. The van der Waals surface area contributed by atoms with Crippen molar-refractivity contribution in [3.63, 3.8) is 0 Å². The first-order valence-electron chi connectivity index (χ1n) is 20.7. The second kappa shape index (κ2) is 18.6. The molecule has 0 aromatic carbocycles. The van der Waals surface area contributed by atoms with Crippen LogP contribution < -0.4 is 0 Å². The molecular weight excluding hydrogens is 748 g/mol. The van der Waals surface area contributed by atoms with E-state index < -0.39 is 83.4 Å². The summed E-state index contributed by atoms with van der Waals surface area (Å²) in [6, 6.07) is 4.49. The van der Waals surface area contributed by atoms with Crippen LogP contribution in [0, 0.1) is 23.7 Å². The maximum Gasteiger partial charge on any atom is 0.410 e. The van der Waals surface area contributed by atoms with Gasteiger partial charge < -0.3 is 38.6 Å². The SMILES string of the molecule is CCC1OC(=O)[C@H](C)C(=O)[C@H](C)[C@@H](O[C@@H]2O[C@H](C)C[C@H](N(C)C)[C@H]2O)[C@](C)(OC)C[C@@H](C)C(=O)[C@H](C)[C@H]2N(CCCCn3cc(-c4ccccn4)nn3)C(=O)O[C@]12C. The Morgan fingerprint density at radius 2 is 1.69 bits per heavy atom. The van der Waals surface area contributed by atoms with E-state index in [-0.39, 0.29) is 37.3 Å². The number of rotatable bonds is 11. The van der Waals surface area contributed by atoms with Crippen molar-refractivity contribution in [3.05, 3.63) is 30.6 Å². The summed E-state index contributed by atoms with van der Waals surface area (Å²) >= 11 is 0. The van der Waals surface area contributed by atoms with Gasteiger partial charge in [0.05, 0.1) is 35.7 Å². The average molecular weight is 813 g/mol. The smallest absolute Gasteiger partial charge is 0.410 e. The van der Waals surface area contributed by atoms with Crippen molar-refractivity contribution < 1.29 is 48.0 Å². The third-order valence-corrected chi connectivity index (χ3v) is 12.7. The second-order valence-electron chi connectivity index (χ2n) is 17.2. The number of ether oxygens (including phenoxy) is 5. The predicted molar refractivity (Wildman–Crippen MR) is 212 cm³/mol. The van der Waals surface area contributed by atoms with Gasteiger partial charge in [0, 0.05) is 50.2 Å². The number of hydrogen-bond donors (Lipinski definition) is 1. The molecule has 13 atom stereocenters. The van der Waals surface area contributed by atoms with Gasteiger partial charge >= 0.3 is 12.1 Å². The molecule has 322 valence electrons. The number of ketones is 2. The molecule has 0 bridgehead atoms. The van der Waals surface area contributed by atoms with E-state index in [9.17, 15) is 24.3 Å². The lowest BCUT2D eigenvalue weighted by Gasteiger charge is -2.47. The normalized spacial score (nSPS) is 36.7. The molecule has 16 nitrogen and oxygen atoms in total. The number of unbranched alkanes of at least 4 members (excludes halogenated alkanes) is 1. The molecule has 5 rings (SSSR count). The first kappa shape index (κ1) is 45.3. The average Bonchev–Trinajstić information content (AvgIpc) is 3.78. The van der Waals surface area contributed by atoms with Gasteiger partial charge in [0.1, 0.15) is 29.6 Å². The Balaban J connectivity index is 1.43. The number of cyclic esters (lactones) is 1. The fourth-order valence-corrected chi connectivity index (χ4v) is 9.30. The highest BCUT2D eigenvalue weighted by molar-refractivity contribution is 6.00. The number of aliphatic hydroxyl groups is 1. The molecule has 3 fully saturated rings.